The Hall–Kier alpha value is -3.47. The molecule has 0 aliphatic heterocycles. The number of aryl methyl sites for hydroxylation is 2. The van der Waals surface area contributed by atoms with E-state index in [0.29, 0.717) is 0 Å². The zero-order valence-corrected chi connectivity index (χ0v) is 15.4. The van der Waals surface area contributed by atoms with Gasteiger partial charge in [-0.05, 0) is 53.1 Å². The lowest BCUT2D eigenvalue weighted by atomic mass is 10.0. The Balaban J connectivity index is 1.84. The number of nitrogens with zero attached hydrogens (tertiary/aromatic N) is 4. The van der Waals surface area contributed by atoms with Gasteiger partial charge in [-0.25, -0.2) is 0 Å². The lowest BCUT2D eigenvalue weighted by Crippen LogP contribution is -2.18. The van der Waals surface area contributed by atoms with Crippen LogP contribution in [0, 0.1) is 13.8 Å². The van der Waals surface area contributed by atoms with E-state index in [2.05, 4.69) is 65.0 Å². The van der Waals surface area contributed by atoms with Crippen LogP contribution < -0.4 is 5.32 Å². The van der Waals surface area contributed by atoms with E-state index >= 15 is 0 Å². The molecule has 0 amide bonds. The Morgan fingerprint density at radius 2 is 1.41 bits per heavy atom. The molecule has 4 aromatic rings. The summed E-state index contributed by atoms with van der Waals surface area (Å²) >= 11 is 0. The Labute approximate surface area is 158 Å². The van der Waals surface area contributed by atoms with Crippen molar-refractivity contribution in [3.05, 3.63) is 101 Å². The molecule has 0 saturated heterocycles. The predicted molar refractivity (Wildman–Crippen MR) is 107 cm³/mol. The smallest absolute Gasteiger partial charge is 0.183 e. The van der Waals surface area contributed by atoms with Gasteiger partial charge in [0.05, 0.1) is 5.69 Å². The van der Waals surface area contributed by atoms with Crippen LogP contribution in [0.3, 0.4) is 0 Å². The summed E-state index contributed by atoms with van der Waals surface area (Å²) in [5.74, 6) is 0.752. The first-order valence-corrected chi connectivity index (χ1v) is 8.95. The van der Waals surface area contributed by atoms with E-state index in [0.717, 1.165) is 33.9 Å². The summed E-state index contributed by atoms with van der Waals surface area (Å²) < 4.78 is 1.85. The van der Waals surface area contributed by atoms with Gasteiger partial charge in [-0.3, -0.25) is 0 Å². The number of hydrogen-bond acceptors (Lipinski definition) is 4. The molecule has 0 radical (unpaired) electrons. The summed E-state index contributed by atoms with van der Waals surface area (Å²) in [5.41, 5.74) is 5.41. The Morgan fingerprint density at radius 3 is 2.07 bits per heavy atom. The Bertz CT molecular complexity index is 1000. The van der Waals surface area contributed by atoms with E-state index in [4.69, 9.17) is 0 Å². The SMILES string of the molecule is Cc1cccc(C)c1-n1nnnc1[C@@H](Nc1ccccc1)c1ccccc1. The van der Waals surface area contributed by atoms with Crippen molar-refractivity contribution in [2.75, 3.05) is 5.32 Å². The highest BCUT2D eigenvalue weighted by Gasteiger charge is 2.23. The van der Waals surface area contributed by atoms with Crippen LogP contribution in [-0.4, -0.2) is 20.2 Å². The number of benzene rings is 3. The third kappa shape index (κ3) is 3.44. The van der Waals surface area contributed by atoms with Gasteiger partial charge in [0, 0.05) is 5.69 Å². The molecule has 0 aliphatic rings. The fourth-order valence-corrected chi connectivity index (χ4v) is 3.32. The third-order valence-corrected chi connectivity index (χ3v) is 4.62. The van der Waals surface area contributed by atoms with Crippen molar-refractivity contribution in [1.82, 2.24) is 20.2 Å². The second-order valence-electron chi connectivity index (χ2n) is 6.54. The maximum absolute atomic E-state index is 4.39. The van der Waals surface area contributed by atoms with Crippen LogP contribution in [0.1, 0.15) is 28.6 Å². The lowest BCUT2D eigenvalue weighted by Gasteiger charge is -2.21. The van der Waals surface area contributed by atoms with Crippen LogP contribution in [0.25, 0.3) is 5.69 Å². The first-order valence-electron chi connectivity index (χ1n) is 8.95. The summed E-state index contributed by atoms with van der Waals surface area (Å²) in [6.45, 7) is 4.16. The highest BCUT2D eigenvalue weighted by Crippen LogP contribution is 2.28. The molecule has 5 heteroatoms. The zero-order chi connectivity index (χ0) is 18.6. The first-order chi connectivity index (χ1) is 13.2. The second-order valence-corrected chi connectivity index (χ2v) is 6.54. The molecule has 5 nitrogen and oxygen atoms in total. The molecule has 4 rings (SSSR count). The van der Waals surface area contributed by atoms with Gasteiger partial charge in [-0.2, -0.15) is 4.68 Å². The lowest BCUT2D eigenvalue weighted by molar-refractivity contribution is 0.731. The van der Waals surface area contributed by atoms with E-state index in [9.17, 15) is 0 Å². The van der Waals surface area contributed by atoms with Crippen LogP contribution in [-0.2, 0) is 0 Å². The van der Waals surface area contributed by atoms with Gasteiger partial charge >= 0.3 is 0 Å². The molecule has 3 aromatic carbocycles. The molecule has 0 aliphatic carbocycles. The van der Waals surface area contributed by atoms with Gasteiger partial charge < -0.3 is 5.32 Å². The van der Waals surface area contributed by atoms with Crippen LogP contribution in [0.2, 0.25) is 0 Å². The summed E-state index contributed by atoms with van der Waals surface area (Å²) in [4.78, 5) is 0. The topological polar surface area (TPSA) is 55.6 Å². The zero-order valence-electron chi connectivity index (χ0n) is 15.4. The first kappa shape index (κ1) is 17.0. The predicted octanol–water partition coefficient (Wildman–Crippen LogP) is 4.48. The molecule has 134 valence electrons. The quantitative estimate of drug-likeness (QED) is 0.573. The fraction of sp³-hybridized carbons (Fsp3) is 0.136. The van der Waals surface area contributed by atoms with E-state index < -0.39 is 0 Å². The second kappa shape index (κ2) is 7.41. The largest absolute Gasteiger partial charge is 0.371 e. The summed E-state index contributed by atoms with van der Waals surface area (Å²) in [7, 11) is 0. The number of aromatic nitrogens is 4. The van der Waals surface area contributed by atoms with Crippen LogP contribution in [0.15, 0.2) is 78.9 Å². The van der Waals surface area contributed by atoms with E-state index in [-0.39, 0.29) is 6.04 Å². The van der Waals surface area contributed by atoms with Crippen LogP contribution in [0.4, 0.5) is 5.69 Å². The molecule has 1 heterocycles. The minimum Gasteiger partial charge on any atom is -0.371 e. The Kier molecular flexibility index (Phi) is 4.66. The molecule has 0 fully saturated rings. The molecular weight excluding hydrogens is 334 g/mol. The van der Waals surface area contributed by atoms with Gasteiger partial charge in [-0.15, -0.1) is 5.10 Å². The molecule has 0 unspecified atom stereocenters. The van der Waals surface area contributed by atoms with Crippen molar-refractivity contribution >= 4 is 5.69 Å². The minimum atomic E-state index is -0.178. The van der Waals surface area contributed by atoms with Crippen molar-refractivity contribution < 1.29 is 0 Å². The fourth-order valence-electron chi connectivity index (χ4n) is 3.32. The average molecular weight is 355 g/mol. The van der Waals surface area contributed by atoms with Crippen LogP contribution in [0.5, 0.6) is 0 Å². The number of anilines is 1. The van der Waals surface area contributed by atoms with Crippen molar-refractivity contribution in [3.8, 4) is 5.69 Å². The summed E-state index contributed by atoms with van der Waals surface area (Å²) in [6.07, 6.45) is 0. The minimum absolute atomic E-state index is 0.178. The van der Waals surface area contributed by atoms with Crippen molar-refractivity contribution in [2.45, 2.75) is 19.9 Å². The molecule has 0 saturated carbocycles. The maximum atomic E-state index is 4.39. The van der Waals surface area contributed by atoms with Crippen molar-refractivity contribution in [3.63, 3.8) is 0 Å². The number of hydrogen-bond donors (Lipinski definition) is 1. The van der Waals surface area contributed by atoms with Gasteiger partial charge in [0.1, 0.15) is 6.04 Å². The molecule has 1 atom stereocenters. The Morgan fingerprint density at radius 1 is 0.778 bits per heavy atom. The number of tetrazole rings is 1. The standard InChI is InChI=1S/C22H21N5/c1-16-10-9-11-17(2)21(16)27-22(24-25-26-27)20(18-12-5-3-6-13-18)23-19-14-7-4-8-15-19/h3-15,20,23H,1-2H3/t20-/m0/s1. The van der Waals surface area contributed by atoms with Crippen molar-refractivity contribution in [2.24, 2.45) is 0 Å². The summed E-state index contributed by atoms with van der Waals surface area (Å²) in [6, 6.07) is 26.4. The molecule has 1 aromatic heterocycles. The molecule has 27 heavy (non-hydrogen) atoms. The van der Waals surface area contributed by atoms with Gasteiger partial charge in [0.15, 0.2) is 5.82 Å². The van der Waals surface area contributed by atoms with Crippen LogP contribution >= 0.6 is 0 Å². The normalized spacial score (nSPS) is 11.9. The van der Waals surface area contributed by atoms with Gasteiger partial charge in [0.2, 0.25) is 0 Å². The average Bonchev–Trinajstić information content (AvgIpc) is 3.16. The third-order valence-electron chi connectivity index (χ3n) is 4.62. The van der Waals surface area contributed by atoms with Gasteiger partial charge in [0.25, 0.3) is 0 Å². The number of nitrogens with one attached hydrogen (secondary N) is 1. The van der Waals surface area contributed by atoms with Gasteiger partial charge in [-0.1, -0.05) is 66.7 Å². The van der Waals surface area contributed by atoms with E-state index in [1.165, 1.54) is 0 Å². The molecular formula is C22H21N5. The number of rotatable bonds is 5. The highest BCUT2D eigenvalue weighted by molar-refractivity contribution is 5.50. The highest BCUT2D eigenvalue weighted by atomic mass is 15.5. The van der Waals surface area contributed by atoms with E-state index in [1.807, 2.05) is 53.2 Å². The maximum Gasteiger partial charge on any atom is 0.183 e. The molecule has 0 bridgehead atoms. The molecule has 1 N–H and O–H groups in total. The van der Waals surface area contributed by atoms with E-state index in [1.54, 1.807) is 0 Å². The summed E-state index contributed by atoms with van der Waals surface area (Å²) in [5, 5.41) is 16.3. The monoisotopic (exact) mass is 355 g/mol. The van der Waals surface area contributed by atoms with Crippen molar-refractivity contribution in [1.29, 1.82) is 0 Å². The number of para-hydroxylation sites is 2. The molecule has 0 spiro atoms.